The number of carboxylic acid groups (broad SMARTS) is 1. The van der Waals surface area contributed by atoms with Gasteiger partial charge in [-0.1, -0.05) is 20.8 Å². The molecule has 1 heterocycles. The van der Waals surface area contributed by atoms with E-state index in [1.54, 1.807) is 11.8 Å². The maximum absolute atomic E-state index is 12.1. The van der Waals surface area contributed by atoms with E-state index in [0.717, 1.165) is 6.42 Å². The van der Waals surface area contributed by atoms with Gasteiger partial charge in [0.25, 0.3) is 0 Å². The van der Waals surface area contributed by atoms with Crippen molar-refractivity contribution in [3.63, 3.8) is 0 Å². The molecule has 1 aliphatic rings. The van der Waals surface area contributed by atoms with Crippen LogP contribution in [0.25, 0.3) is 0 Å². The minimum atomic E-state index is -0.787. The topological polar surface area (TPSA) is 83.6 Å². The number of carbonyl (C=O) groups is 2. The van der Waals surface area contributed by atoms with E-state index in [2.05, 4.69) is 13.8 Å². The van der Waals surface area contributed by atoms with Crippen molar-refractivity contribution in [1.29, 1.82) is 0 Å². The Morgan fingerprint density at radius 1 is 1.33 bits per heavy atom. The van der Waals surface area contributed by atoms with Crippen LogP contribution in [0.3, 0.4) is 0 Å². The molecule has 0 radical (unpaired) electrons. The molecule has 1 aliphatic heterocycles. The molecular weight excluding hydrogens is 232 g/mol. The van der Waals surface area contributed by atoms with Crippen molar-refractivity contribution in [1.82, 2.24) is 4.90 Å². The van der Waals surface area contributed by atoms with Crippen molar-refractivity contribution < 1.29 is 14.7 Å². The molecule has 2 unspecified atom stereocenters. The number of carbonyl (C=O) groups excluding carboxylic acids is 1. The fourth-order valence-electron chi connectivity index (χ4n) is 2.34. The van der Waals surface area contributed by atoms with E-state index < -0.39 is 5.97 Å². The van der Waals surface area contributed by atoms with Gasteiger partial charge in [-0.05, 0) is 12.3 Å². The Kier molecular flexibility index (Phi) is 5.14. The van der Waals surface area contributed by atoms with E-state index in [4.69, 9.17) is 10.8 Å². The molecule has 1 saturated heterocycles. The second-order valence-corrected chi connectivity index (χ2v) is 5.69. The normalized spacial score (nSPS) is 19.5. The van der Waals surface area contributed by atoms with Gasteiger partial charge < -0.3 is 15.7 Å². The van der Waals surface area contributed by atoms with Crippen LogP contribution in [-0.2, 0) is 9.59 Å². The lowest BCUT2D eigenvalue weighted by atomic mass is 9.85. The van der Waals surface area contributed by atoms with Crippen LogP contribution < -0.4 is 5.73 Å². The molecule has 0 bridgehead atoms. The summed E-state index contributed by atoms with van der Waals surface area (Å²) in [6, 6.07) is 0. The summed E-state index contributed by atoms with van der Waals surface area (Å²) >= 11 is 0. The Morgan fingerprint density at radius 3 is 2.28 bits per heavy atom. The summed E-state index contributed by atoms with van der Waals surface area (Å²) in [5.41, 5.74) is 5.64. The Labute approximate surface area is 108 Å². The molecule has 0 aromatic rings. The molecule has 2 atom stereocenters. The first-order valence-corrected chi connectivity index (χ1v) is 6.58. The monoisotopic (exact) mass is 256 g/mol. The summed E-state index contributed by atoms with van der Waals surface area (Å²) in [5.74, 6) is -0.673. The van der Waals surface area contributed by atoms with Crippen LogP contribution in [0.2, 0.25) is 0 Å². The lowest BCUT2D eigenvalue weighted by Crippen LogP contribution is -2.55. The SMILES string of the molecule is CC(C)CC(CN)C(=O)N1CC(C(C)C(=O)O)C1. The van der Waals surface area contributed by atoms with Gasteiger partial charge in [-0.2, -0.15) is 0 Å². The van der Waals surface area contributed by atoms with Gasteiger partial charge in [0.05, 0.1) is 11.8 Å². The lowest BCUT2D eigenvalue weighted by Gasteiger charge is -2.42. The largest absolute Gasteiger partial charge is 0.481 e. The first kappa shape index (κ1) is 15.0. The molecular formula is C13H24N2O3. The fourth-order valence-corrected chi connectivity index (χ4v) is 2.34. The Bertz CT molecular complexity index is 311. The maximum atomic E-state index is 12.1. The summed E-state index contributed by atoms with van der Waals surface area (Å²) in [6.45, 7) is 7.32. The van der Waals surface area contributed by atoms with Gasteiger partial charge in [-0.15, -0.1) is 0 Å². The van der Waals surface area contributed by atoms with E-state index >= 15 is 0 Å². The van der Waals surface area contributed by atoms with Crippen molar-refractivity contribution >= 4 is 11.9 Å². The first-order chi connectivity index (χ1) is 8.36. The predicted octanol–water partition coefficient (Wildman–Crippen LogP) is 0.787. The van der Waals surface area contributed by atoms with Crippen molar-refractivity contribution in [2.24, 2.45) is 29.4 Å². The molecule has 0 aromatic carbocycles. The molecule has 1 amide bonds. The molecule has 0 spiro atoms. The number of amides is 1. The van der Waals surface area contributed by atoms with E-state index in [1.165, 1.54) is 0 Å². The van der Waals surface area contributed by atoms with Crippen molar-refractivity contribution in [3.05, 3.63) is 0 Å². The molecule has 104 valence electrons. The highest BCUT2D eigenvalue weighted by Gasteiger charge is 2.38. The zero-order valence-electron chi connectivity index (χ0n) is 11.4. The van der Waals surface area contributed by atoms with Crippen LogP contribution in [0, 0.1) is 23.7 Å². The smallest absolute Gasteiger partial charge is 0.306 e. The number of aliphatic carboxylic acids is 1. The van der Waals surface area contributed by atoms with Crippen LogP contribution >= 0.6 is 0 Å². The highest BCUT2D eigenvalue weighted by Crippen LogP contribution is 2.26. The van der Waals surface area contributed by atoms with E-state index in [0.29, 0.717) is 25.6 Å². The summed E-state index contributed by atoms with van der Waals surface area (Å²) in [7, 11) is 0. The predicted molar refractivity (Wildman–Crippen MR) is 68.9 cm³/mol. The zero-order chi connectivity index (χ0) is 13.9. The number of hydrogen-bond donors (Lipinski definition) is 2. The number of hydrogen-bond acceptors (Lipinski definition) is 3. The van der Waals surface area contributed by atoms with E-state index in [9.17, 15) is 9.59 Å². The van der Waals surface area contributed by atoms with E-state index in [1.807, 2.05) is 0 Å². The van der Waals surface area contributed by atoms with Crippen LogP contribution in [0.15, 0.2) is 0 Å². The Balaban J connectivity index is 2.44. The van der Waals surface area contributed by atoms with Gasteiger partial charge in [0, 0.05) is 25.6 Å². The third kappa shape index (κ3) is 3.45. The highest BCUT2D eigenvalue weighted by atomic mass is 16.4. The van der Waals surface area contributed by atoms with Gasteiger partial charge in [0.15, 0.2) is 0 Å². The lowest BCUT2D eigenvalue weighted by molar-refractivity contribution is -0.152. The molecule has 5 heteroatoms. The van der Waals surface area contributed by atoms with Crippen molar-refractivity contribution in [2.45, 2.75) is 27.2 Å². The average molecular weight is 256 g/mol. The van der Waals surface area contributed by atoms with Crippen LogP contribution in [0.4, 0.5) is 0 Å². The van der Waals surface area contributed by atoms with Crippen molar-refractivity contribution in [3.8, 4) is 0 Å². The average Bonchev–Trinajstić information content (AvgIpc) is 2.22. The second kappa shape index (κ2) is 6.18. The standard InChI is InChI=1S/C13H24N2O3/c1-8(2)4-10(5-14)12(16)15-6-11(7-15)9(3)13(17)18/h8-11H,4-7,14H2,1-3H3,(H,17,18). The molecule has 0 aromatic heterocycles. The summed E-state index contributed by atoms with van der Waals surface area (Å²) in [6.07, 6.45) is 0.797. The number of nitrogens with two attached hydrogens (primary N) is 1. The molecule has 0 aliphatic carbocycles. The third-order valence-corrected chi connectivity index (χ3v) is 3.71. The summed E-state index contributed by atoms with van der Waals surface area (Å²) in [5, 5.41) is 8.89. The third-order valence-electron chi connectivity index (χ3n) is 3.71. The van der Waals surface area contributed by atoms with Gasteiger partial charge in [-0.3, -0.25) is 9.59 Å². The van der Waals surface area contributed by atoms with Crippen LogP contribution in [0.1, 0.15) is 27.2 Å². The quantitative estimate of drug-likeness (QED) is 0.736. The Hall–Kier alpha value is -1.10. The van der Waals surface area contributed by atoms with Crippen LogP contribution in [0.5, 0.6) is 0 Å². The molecule has 18 heavy (non-hydrogen) atoms. The van der Waals surface area contributed by atoms with Gasteiger partial charge in [0.2, 0.25) is 5.91 Å². The highest BCUT2D eigenvalue weighted by molar-refractivity contribution is 5.80. The first-order valence-electron chi connectivity index (χ1n) is 6.58. The molecule has 0 saturated carbocycles. The minimum Gasteiger partial charge on any atom is -0.481 e. The van der Waals surface area contributed by atoms with E-state index in [-0.39, 0.29) is 23.7 Å². The van der Waals surface area contributed by atoms with Crippen molar-refractivity contribution in [2.75, 3.05) is 19.6 Å². The fraction of sp³-hybridized carbons (Fsp3) is 0.846. The van der Waals surface area contributed by atoms with Gasteiger partial charge in [-0.25, -0.2) is 0 Å². The Morgan fingerprint density at radius 2 is 1.89 bits per heavy atom. The number of likely N-dealkylation sites (tertiary alicyclic amines) is 1. The molecule has 1 rings (SSSR count). The minimum absolute atomic E-state index is 0.0834. The van der Waals surface area contributed by atoms with Gasteiger partial charge >= 0.3 is 5.97 Å². The summed E-state index contributed by atoms with van der Waals surface area (Å²) in [4.78, 5) is 24.7. The van der Waals surface area contributed by atoms with Crippen LogP contribution in [-0.4, -0.2) is 41.5 Å². The molecule has 3 N–H and O–H groups in total. The molecule has 1 fully saturated rings. The second-order valence-electron chi connectivity index (χ2n) is 5.69. The number of carboxylic acids is 1. The zero-order valence-corrected chi connectivity index (χ0v) is 11.4. The maximum Gasteiger partial charge on any atom is 0.306 e. The summed E-state index contributed by atoms with van der Waals surface area (Å²) < 4.78 is 0. The number of nitrogens with zero attached hydrogens (tertiary/aromatic N) is 1. The number of rotatable bonds is 6. The van der Waals surface area contributed by atoms with Gasteiger partial charge in [0.1, 0.15) is 0 Å². The molecule has 5 nitrogen and oxygen atoms in total.